The Morgan fingerprint density at radius 3 is 2.39 bits per heavy atom. The monoisotopic (exact) mass is 429 g/mol. The molecule has 1 N–H and O–H groups in total. The Morgan fingerprint density at radius 2 is 1.61 bits per heavy atom. The molecule has 0 saturated heterocycles. The number of fused-ring (bicyclic) bond motifs is 5. The quantitative estimate of drug-likeness (QED) is 0.409. The summed E-state index contributed by atoms with van der Waals surface area (Å²) in [5.41, 5.74) is 9.55. The van der Waals surface area contributed by atoms with Crippen molar-refractivity contribution in [3.8, 4) is 11.1 Å². The molecule has 0 radical (unpaired) electrons. The second-order valence-corrected chi connectivity index (χ2v) is 7.98. The molecular formula is C32H31N. The van der Waals surface area contributed by atoms with Crippen LogP contribution in [-0.4, -0.2) is 0 Å². The maximum atomic E-state index is 4.42. The van der Waals surface area contributed by atoms with Gasteiger partial charge in [0.15, 0.2) is 0 Å². The van der Waals surface area contributed by atoms with Crippen molar-refractivity contribution >= 4 is 11.3 Å². The number of nitrogens with one attached hydrogen (secondary N) is 1. The van der Waals surface area contributed by atoms with Crippen molar-refractivity contribution in [3.63, 3.8) is 0 Å². The van der Waals surface area contributed by atoms with E-state index in [1.54, 1.807) is 0 Å². The van der Waals surface area contributed by atoms with Gasteiger partial charge in [-0.25, -0.2) is 0 Å². The fourth-order valence-electron chi connectivity index (χ4n) is 5.07. The number of allylic oxidation sites excluding steroid dienone is 7. The molecule has 0 bridgehead atoms. The highest BCUT2D eigenvalue weighted by molar-refractivity contribution is 5.98. The molecule has 0 fully saturated rings. The summed E-state index contributed by atoms with van der Waals surface area (Å²) in [6, 6.07) is 24.2. The fraction of sp³-hybridized carbons (Fsp3) is 0.125. The third-order valence-corrected chi connectivity index (χ3v) is 6.35. The number of hydrogen-bond donors (Lipinski definition) is 1. The lowest BCUT2D eigenvalue weighted by Gasteiger charge is -2.32. The van der Waals surface area contributed by atoms with Crippen LogP contribution in [0, 0.1) is 0 Å². The van der Waals surface area contributed by atoms with Gasteiger partial charge in [-0.15, -0.1) is 0 Å². The number of rotatable bonds is 4. The zero-order chi connectivity index (χ0) is 23.3. The molecular weight excluding hydrogens is 398 g/mol. The van der Waals surface area contributed by atoms with Crippen molar-refractivity contribution in [3.05, 3.63) is 145 Å². The normalized spacial score (nSPS) is 19.6. The van der Waals surface area contributed by atoms with Crippen LogP contribution in [0.25, 0.3) is 16.7 Å². The molecule has 3 aromatic carbocycles. The number of anilines is 1. The minimum Gasteiger partial charge on any atom is -0.361 e. The second kappa shape index (κ2) is 9.75. The van der Waals surface area contributed by atoms with Crippen LogP contribution in [-0.2, 0) is 5.41 Å². The smallest absolute Gasteiger partial charge is 0.0498 e. The van der Waals surface area contributed by atoms with Gasteiger partial charge in [0.05, 0.1) is 0 Å². The van der Waals surface area contributed by atoms with Crippen LogP contribution in [0.1, 0.15) is 42.5 Å². The highest BCUT2D eigenvalue weighted by atomic mass is 14.8. The third-order valence-electron chi connectivity index (χ3n) is 6.35. The molecule has 5 rings (SSSR count). The van der Waals surface area contributed by atoms with E-state index in [9.17, 15) is 0 Å². The second-order valence-electron chi connectivity index (χ2n) is 7.98. The highest BCUT2D eigenvalue weighted by Gasteiger charge is 2.45. The van der Waals surface area contributed by atoms with Crippen LogP contribution in [0.15, 0.2) is 123 Å². The Bertz CT molecular complexity index is 1260. The van der Waals surface area contributed by atoms with Crippen molar-refractivity contribution in [1.29, 1.82) is 0 Å². The molecule has 1 nitrogen and oxygen atoms in total. The Labute approximate surface area is 198 Å². The first kappa shape index (κ1) is 22.4. The molecule has 1 aliphatic carbocycles. The molecule has 0 spiro atoms. The van der Waals surface area contributed by atoms with Crippen LogP contribution in [0.2, 0.25) is 0 Å². The summed E-state index contributed by atoms with van der Waals surface area (Å²) < 4.78 is 0. The van der Waals surface area contributed by atoms with Gasteiger partial charge in [0, 0.05) is 22.9 Å². The maximum absolute atomic E-state index is 4.42. The van der Waals surface area contributed by atoms with Crippen LogP contribution in [0.4, 0.5) is 5.69 Å². The van der Waals surface area contributed by atoms with Gasteiger partial charge in [0.2, 0.25) is 0 Å². The Balaban J connectivity index is 0.00000126. The van der Waals surface area contributed by atoms with E-state index >= 15 is 0 Å². The highest BCUT2D eigenvalue weighted by Crippen LogP contribution is 2.57. The molecule has 3 aromatic rings. The lowest BCUT2D eigenvalue weighted by Crippen LogP contribution is -2.26. The van der Waals surface area contributed by atoms with Crippen LogP contribution in [0.5, 0.6) is 0 Å². The van der Waals surface area contributed by atoms with E-state index in [1.165, 1.54) is 33.4 Å². The van der Waals surface area contributed by atoms with Gasteiger partial charge in [0.25, 0.3) is 0 Å². The zero-order valence-corrected chi connectivity index (χ0v) is 19.5. The average molecular weight is 430 g/mol. The van der Waals surface area contributed by atoms with Gasteiger partial charge in [-0.2, -0.15) is 0 Å². The third kappa shape index (κ3) is 3.70. The van der Waals surface area contributed by atoms with E-state index in [0.717, 1.165) is 17.7 Å². The molecule has 0 amide bonds. The van der Waals surface area contributed by atoms with Crippen LogP contribution < -0.4 is 5.32 Å². The molecule has 33 heavy (non-hydrogen) atoms. The largest absolute Gasteiger partial charge is 0.361 e. The maximum Gasteiger partial charge on any atom is 0.0498 e. The standard InChI is InChI=1S/C30H25N.C2H6/c1-3-4-11-20-30(23-14-6-5-7-15-23)25-17-9-8-16-24(25)29-26(30)18-19-27-28(29)22(2)13-10-12-21-31-27;1-2/h3-19,21,31H,1-2,20H2;1-2H3/b11-4-,13-10-,21-12-;. The van der Waals surface area contributed by atoms with Gasteiger partial charge in [-0.05, 0) is 52.0 Å². The van der Waals surface area contributed by atoms with E-state index in [0.29, 0.717) is 0 Å². The van der Waals surface area contributed by atoms with Crippen LogP contribution >= 0.6 is 0 Å². The van der Waals surface area contributed by atoms with Gasteiger partial charge in [-0.1, -0.05) is 118 Å². The molecule has 2 aliphatic rings. The van der Waals surface area contributed by atoms with E-state index in [-0.39, 0.29) is 5.41 Å². The summed E-state index contributed by atoms with van der Waals surface area (Å²) in [7, 11) is 0. The molecule has 0 saturated carbocycles. The summed E-state index contributed by atoms with van der Waals surface area (Å²) in [4.78, 5) is 0. The molecule has 164 valence electrons. The average Bonchev–Trinajstić information content (AvgIpc) is 3.15. The number of benzene rings is 3. The van der Waals surface area contributed by atoms with Crippen molar-refractivity contribution < 1.29 is 0 Å². The molecule has 1 heterocycles. The van der Waals surface area contributed by atoms with Gasteiger partial charge in [0.1, 0.15) is 0 Å². The number of hydrogen-bond acceptors (Lipinski definition) is 1. The SMILES string of the molecule is C=C/C=C\CC1(c2ccccc2)c2ccccc2-c2c1ccc1c2C(=C)/C=C\C=C/N1.CC. The van der Waals surface area contributed by atoms with Gasteiger partial charge in [-0.3, -0.25) is 0 Å². The molecule has 1 unspecified atom stereocenters. The van der Waals surface area contributed by atoms with E-state index < -0.39 is 0 Å². The van der Waals surface area contributed by atoms with Crippen molar-refractivity contribution in [2.24, 2.45) is 0 Å². The summed E-state index contributed by atoms with van der Waals surface area (Å²) >= 11 is 0. The molecule has 1 atom stereocenters. The van der Waals surface area contributed by atoms with Crippen molar-refractivity contribution in [2.45, 2.75) is 25.7 Å². The van der Waals surface area contributed by atoms with Crippen molar-refractivity contribution in [1.82, 2.24) is 0 Å². The topological polar surface area (TPSA) is 12.0 Å². The predicted molar refractivity (Wildman–Crippen MR) is 144 cm³/mol. The summed E-state index contributed by atoms with van der Waals surface area (Å²) in [6.07, 6.45) is 15.1. The zero-order valence-electron chi connectivity index (χ0n) is 19.5. The van der Waals surface area contributed by atoms with E-state index in [2.05, 4.69) is 97.4 Å². The molecule has 0 aromatic heterocycles. The predicted octanol–water partition coefficient (Wildman–Crippen LogP) is 8.67. The molecule has 1 aliphatic heterocycles. The first-order valence-corrected chi connectivity index (χ1v) is 11.7. The Hall–Kier alpha value is -3.84. The first-order valence-electron chi connectivity index (χ1n) is 11.7. The first-order chi connectivity index (χ1) is 16.3. The Kier molecular flexibility index (Phi) is 6.60. The van der Waals surface area contributed by atoms with E-state index in [4.69, 9.17) is 0 Å². The fourth-order valence-corrected chi connectivity index (χ4v) is 5.07. The summed E-state index contributed by atoms with van der Waals surface area (Å²) in [6.45, 7) is 12.3. The Morgan fingerprint density at radius 1 is 0.848 bits per heavy atom. The molecule has 1 heteroatoms. The van der Waals surface area contributed by atoms with Gasteiger partial charge < -0.3 is 5.32 Å². The summed E-state index contributed by atoms with van der Waals surface area (Å²) in [5, 5.41) is 3.46. The van der Waals surface area contributed by atoms with Gasteiger partial charge >= 0.3 is 0 Å². The van der Waals surface area contributed by atoms with Crippen LogP contribution in [0.3, 0.4) is 0 Å². The lowest BCUT2D eigenvalue weighted by molar-refractivity contribution is 0.645. The van der Waals surface area contributed by atoms with Crippen molar-refractivity contribution in [2.75, 3.05) is 5.32 Å². The summed E-state index contributed by atoms with van der Waals surface area (Å²) in [5.74, 6) is 0. The van der Waals surface area contributed by atoms with E-state index in [1.807, 2.05) is 44.4 Å². The minimum atomic E-state index is -0.260. The lowest BCUT2D eigenvalue weighted by atomic mass is 9.70. The minimum absolute atomic E-state index is 0.260.